The molecule has 0 aliphatic heterocycles. The van der Waals surface area contributed by atoms with Gasteiger partial charge >= 0.3 is 0 Å². The van der Waals surface area contributed by atoms with Crippen LogP contribution in [0.2, 0.25) is 5.02 Å². The number of rotatable bonds is 4. The lowest BCUT2D eigenvalue weighted by molar-refractivity contribution is -0.108. The van der Waals surface area contributed by atoms with Gasteiger partial charge in [0.1, 0.15) is 12.0 Å². The molecular weight excluding hydrogens is 296 g/mol. The Morgan fingerprint density at radius 3 is 2.64 bits per heavy atom. The Morgan fingerprint density at radius 2 is 1.86 bits per heavy atom. The summed E-state index contributed by atoms with van der Waals surface area (Å²) >= 11 is 6.06. The van der Waals surface area contributed by atoms with E-state index in [9.17, 15) is 9.90 Å². The first-order valence-electron chi connectivity index (χ1n) is 7.10. The van der Waals surface area contributed by atoms with Gasteiger partial charge in [-0.3, -0.25) is 0 Å². The molecule has 110 valence electrons. The second-order valence-corrected chi connectivity index (χ2v) is 5.67. The van der Waals surface area contributed by atoms with Crippen molar-refractivity contribution in [1.29, 1.82) is 0 Å². The molecular formula is C19H15ClO2. The van der Waals surface area contributed by atoms with Crippen LogP contribution in [0.15, 0.2) is 60.7 Å². The highest BCUT2D eigenvalue weighted by atomic mass is 35.5. The highest BCUT2D eigenvalue weighted by molar-refractivity contribution is 6.30. The molecule has 0 amide bonds. The Kier molecular flexibility index (Phi) is 4.12. The van der Waals surface area contributed by atoms with Gasteiger partial charge in [-0.15, -0.1) is 0 Å². The molecule has 22 heavy (non-hydrogen) atoms. The Bertz CT molecular complexity index is 827. The zero-order valence-corrected chi connectivity index (χ0v) is 12.6. The van der Waals surface area contributed by atoms with E-state index in [2.05, 4.69) is 0 Å². The average Bonchev–Trinajstić information content (AvgIpc) is 2.54. The topological polar surface area (TPSA) is 37.3 Å². The van der Waals surface area contributed by atoms with E-state index in [1.54, 1.807) is 6.07 Å². The van der Waals surface area contributed by atoms with E-state index in [0.717, 1.165) is 28.2 Å². The summed E-state index contributed by atoms with van der Waals surface area (Å²) in [4.78, 5) is 11.1. The molecule has 3 rings (SSSR count). The molecule has 0 spiro atoms. The summed E-state index contributed by atoms with van der Waals surface area (Å²) < 4.78 is 0. The predicted octanol–water partition coefficient (Wildman–Crippen LogP) is 4.92. The van der Waals surface area contributed by atoms with E-state index in [-0.39, 0.29) is 11.7 Å². The molecule has 0 aromatic heterocycles. The Morgan fingerprint density at radius 1 is 1.05 bits per heavy atom. The molecule has 1 N–H and O–H groups in total. The van der Waals surface area contributed by atoms with Crippen LogP contribution in [0, 0.1) is 0 Å². The molecule has 2 nitrogen and oxygen atoms in total. The number of halogens is 1. The molecule has 0 saturated carbocycles. The van der Waals surface area contributed by atoms with Crippen molar-refractivity contribution < 1.29 is 9.90 Å². The monoisotopic (exact) mass is 310 g/mol. The number of phenols is 1. The maximum Gasteiger partial charge on any atom is 0.127 e. The molecule has 3 heteroatoms. The number of aldehydes is 1. The lowest BCUT2D eigenvalue weighted by atomic mass is 9.87. The first-order chi connectivity index (χ1) is 10.7. The minimum Gasteiger partial charge on any atom is -0.507 e. The molecule has 1 atom stereocenters. The smallest absolute Gasteiger partial charge is 0.127 e. The predicted molar refractivity (Wildman–Crippen MR) is 89.6 cm³/mol. The van der Waals surface area contributed by atoms with Gasteiger partial charge in [0.25, 0.3) is 0 Å². The van der Waals surface area contributed by atoms with Crippen molar-refractivity contribution >= 4 is 28.7 Å². The number of fused-ring (bicyclic) bond motifs is 1. The van der Waals surface area contributed by atoms with Crippen LogP contribution in [0.1, 0.15) is 23.5 Å². The van der Waals surface area contributed by atoms with Crippen LogP contribution in [0.4, 0.5) is 0 Å². The first-order valence-corrected chi connectivity index (χ1v) is 7.48. The fourth-order valence-electron chi connectivity index (χ4n) is 2.82. The van der Waals surface area contributed by atoms with Gasteiger partial charge in [0.15, 0.2) is 0 Å². The van der Waals surface area contributed by atoms with E-state index < -0.39 is 0 Å². The molecule has 0 heterocycles. The maximum absolute atomic E-state index is 11.1. The van der Waals surface area contributed by atoms with Gasteiger partial charge in [0.2, 0.25) is 0 Å². The van der Waals surface area contributed by atoms with E-state index in [4.69, 9.17) is 11.6 Å². The molecule has 3 aromatic carbocycles. The molecule has 0 bridgehead atoms. The van der Waals surface area contributed by atoms with Gasteiger partial charge in [-0.05, 0) is 23.1 Å². The summed E-state index contributed by atoms with van der Waals surface area (Å²) in [6, 6.07) is 18.9. The third-order valence-corrected chi connectivity index (χ3v) is 4.13. The number of benzene rings is 3. The Hall–Kier alpha value is -2.32. The fraction of sp³-hybridized carbons (Fsp3) is 0.105. The average molecular weight is 311 g/mol. The largest absolute Gasteiger partial charge is 0.507 e. The highest BCUT2D eigenvalue weighted by Gasteiger charge is 2.19. The van der Waals surface area contributed by atoms with Gasteiger partial charge in [-0.1, -0.05) is 60.1 Å². The van der Waals surface area contributed by atoms with Gasteiger partial charge in [0, 0.05) is 28.3 Å². The van der Waals surface area contributed by atoms with Gasteiger partial charge < -0.3 is 9.90 Å². The van der Waals surface area contributed by atoms with Crippen molar-refractivity contribution in [2.45, 2.75) is 12.3 Å². The first kappa shape index (κ1) is 14.6. The van der Waals surface area contributed by atoms with Gasteiger partial charge in [0.05, 0.1) is 0 Å². The van der Waals surface area contributed by atoms with Gasteiger partial charge in [-0.25, -0.2) is 0 Å². The van der Waals surface area contributed by atoms with Crippen LogP contribution >= 0.6 is 11.6 Å². The lowest BCUT2D eigenvalue weighted by Crippen LogP contribution is -2.03. The van der Waals surface area contributed by atoms with Crippen LogP contribution < -0.4 is 0 Å². The second kappa shape index (κ2) is 6.20. The Labute approximate surface area is 134 Å². The van der Waals surface area contributed by atoms with E-state index >= 15 is 0 Å². The van der Waals surface area contributed by atoms with Gasteiger partial charge in [-0.2, -0.15) is 0 Å². The summed E-state index contributed by atoms with van der Waals surface area (Å²) in [5.74, 6) is 0.0192. The van der Waals surface area contributed by atoms with Crippen molar-refractivity contribution in [3.63, 3.8) is 0 Å². The quantitative estimate of drug-likeness (QED) is 0.694. The lowest BCUT2D eigenvalue weighted by Gasteiger charge is -2.18. The highest BCUT2D eigenvalue weighted by Crippen LogP contribution is 2.38. The van der Waals surface area contributed by atoms with Crippen LogP contribution in [0.3, 0.4) is 0 Å². The van der Waals surface area contributed by atoms with E-state index in [1.807, 2.05) is 54.6 Å². The summed E-state index contributed by atoms with van der Waals surface area (Å²) in [5.41, 5.74) is 1.67. The van der Waals surface area contributed by atoms with Crippen molar-refractivity contribution in [3.8, 4) is 5.75 Å². The zero-order valence-electron chi connectivity index (χ0n) is 11.9. The Balaban J connectivity index is 2.16. The third-order valence-electron chi connectivity index (χ3n) is 3.89. The van der Waals surface area contributed by atoms with E-state index in [1.165, 1.54) is 0 Å². The number of carbonyl (C=O) groups is 1. The molecule has 0 aliphatic rings. The summed E-state index contributed by atoms with van der Waals surface area (Å²) in [6.45, 7) is 0. The van der Waals surface area contributed by atoms with E-state index in [0.29, 0.717) is 11.4 Å². The molecule has 3 aromatic rings. The summed E-state index contributed by atoms with van der Waals surface area (Å²) in [5, 5.41) is 13.0. The van der Waals surface area contributed by atoms with Crippen LogP contribution in [-0.2, 0) is 4.79 Å². The number of phenolic OH excluding ortho intramolecular Hbond substituents is 1. The number of hydrogen-bond donors (Lipinski definition) is 1. The minimum absolute atomic E-state index is 0.208. The van der Waals surface area contributed by atoms with Crippen LogP contribution in [0.5, 0.6) is 5.75 Å². The van der Waals surface area contributed by atoms with Crippen molar-refractivity contribution in [1.82, 2.24) is 0 Å². The standard InChI is InChI=1S/C19H15ClO2/c20-15-6-3-5-14(12-15)16(10-11-21)18-9-8-13-4-1-2-7-17(13)19(18)22/h1-9,11-12,16,22H,10H2/t16-/m0/s1. The SMILES string of the molecule is O=CC[C@@H](c1cccc(Cl)c1)c1ccc2ccccc2c1O. The molecule has 0 radical (unpaired) electrons. The van der Waals surface area contributed by atoms with Crippen LogP contribution in [0.25, 0.3) is 10.8 Å². The van der Waals surface area contributed by atoms with Crippen molar-refractivity contribution in [3.05, 3.63) is 76.8 Å². The third kappa shape index (κ3) is 2.70. The zero-order chi connectivity index (χ0) is 15.5. The molecule has 0 unspecified atom stereocenters. The molecule has 0 fully saturated rings. The summed E-state index contributed by atoms with van der Waals surface area (Å²) in [6.07, 6.45) is 1.17. The normalized spacial score (nSPS) is 12.2. The van der Waals surface area contributed by atoms with Crippen molar-refractivity contribution in [2.75, 3.05) is 0 Å². The number of hydrogen-bond acceptors (Lipinski definition) is 2. The minimum atomic E-state index is -0.208. The fourth-order valence-corrected chi connectivity index (χ4v) is 3.01. The number of aromatic hydroxyl groups is 1. The van der Waals surface area contributed by atoms with Crippen molar-refractivity contribution in [2.24, 2.45) is 0 Å². The number of carbonyl (C=O) groups excluding carboxylic acids is 1. The maximum atomic E-state index is 11.1. The molecule has 0 saturated heterocycles. The molecule has 0 aliphatic carbocycles. The summed E-state index contributed by atoms with van der Waals surface area (Å²) in [7, 11) is 0. The second-order valence-electron chi connectivity index (χ2n) is 5.23. The van der Waals surface area contributed by atoms with Crippen LogP contribution in [-0.4, -0.2) is 11.4 Å².